The third-order valence-corrected chi connectivity index (χ3v) is 3.12. The van der Waals surface area contributed by atoms with Crippen LogP contribution in [0.1, 0.15) is 5.69 Å². The highest BCUT2D eigenvalue weighted by Gasteiger charge is 2.14. The van der Waals surface area contributed by atoms with Crippen LogP contribution in [0, 0.1) is 0 Å². The van der Waals surface area contributed by atoms with Gasteiger partial charge in [-0.25, -0.2) is 15.6 Å². The quantitative estimate of drug-likeness (QED) is 0.512. The Kier molecular flexibility index (Phi) is 2.54. The van der Waals surface area contributed by atoms with E-state index in [1.54, 1.807) is 18.3 Å². The Hall–Kier alpha value is -2.26. The van der Waals surface area contributed by atoms with E-state index in [0.29, 0.717) is 21.9 Å². The molecule has 9 heteroatoms. The van der Waals surface area contributed by atoms with Crippen LogP contribution in [0.2, 0.25) is 0 Å². The van der Waals surface area contributed by atoms with Gasteiger partial charge in [0.15, 0.2) is 11.2 Å². The van der Waals surface area contributed by atoms with Crippen LogP contribution in [-0.4, -0.2) is 19.1 Å². The van der Waals surface area contributed by atoms with Crippen molar-refractivity contribution in [3.63, 3.8) is 0 Å². The van der Waals surface area contributed by atoms with Crippen molar-refractivity contribution in [2.24, 2.45) is 5.84 Å². The Bertz CT molecular complexity index is 745. The van der Waals surface area contributed by atoms with Gasteiger partial charge in [-0.05, 0) is 12.1 Å². The molecule has 18 heavy (non-hydrogen) atoms. The van der Waals surface area contributed by atoms with Gasteiger partial charge in [0, 0.05) is 17.7 Å². The first-order valence-electron chi connectivity index (χ1n) is 5.02. The molecule has 0 saturated carbocycles. The second kappa shape index (κ2) is 4.20. The van der Waals surface area contributed by atoms with E-state index in [4.69, 9.17) is 10.3 Å². The van der Waals surface area contributed by atoms with Gasteiger partial charge in [0.25, 0.3) is 0 Å². The summed E-state index contributed by atoms with van der Waals surface area (Å²) in [5.41, 5.74) is 3.96. The predicted molar refractivity (Wildman–Crippen MR) is 65.1 cm³/mol. The summed E-state index contributed by atoms with van der Waals surface area (Å²) in [7, 11) is 0. The molecule has 3 aromatic heterocycles. The molecule has 0 radical (unpaired) electrons. The fourth-order valence-electron chi connectivity index (χ4n) is 1.61. The van der Waals surface area contributed by atoms with E-state index in [0.717, 1.165) is 11.5 Å². The van der Waals surface area contributed by atoms with Crippen LogP contribution in [0.4, 0.5) is 5.00 Å². The van der Waals surface area contributed by atoms with Crippen LogP contribution in [0.5, 0.6) is 0 Å². The van der Waals surface area contributed by atoms with Gasteiger partial charge in [0.05, 0.1) is 6.54 Å². The summed E-state index contributed by atoms with van der Waals surface area (Å²) in [5.74, 6) is 4.84. The van der Waals surface area contributed by atoms with Crippen molar-refractivity contribution in [2.45, 2.75) is 6.54 Å². The number of aromatic nitrogens is 4. The minimum absolute atomic E-state index is 0.207. The van der Waals surface area contributed by atoms with Gasteiger partial charge in [-0.3, -0.25) is 4.57 Å². The number of nitrogen functional groups attached to an aromatic ring is 1. The zero-order valence-electron chi connectivity index (χ0n) is 9.03. The summed E-state index contributed by atoms with van der Waals surface area (Å²) in [5, 5.41) is 4.51. The Labute approximate surface area is 104 Å². The van der Waals surface area contributed by atoms with Crippen LogP contribution >= 0.6 is 11.5 Å². The molecule has 0 unspecified atom stereocenters. The lowest BCUT2D eigenvalue weighted by Crippen LogP contribution is -2.17. The fourth-order valence-corrected chi connectivity index (χ4v) is 2.10. The van der Waals surface area contributed by atoms with Gasteiger partial charge in [-0.1, -0.05) is 4.49 Å². The van der Waals surface area contributed by atoms with Crippen LogP contribution in [0.15, 0.2) is 27.5 Å². The van der Waals surface area contributed by atoms with Crippen molar-refractivity contribution in [1.82, 2.24) is 19.1 Å². The maximum absolute atomic E-state index is 11.7. The molecular formula is C9H8N6O2S. The number of nitrogens with two attached hydrogens (primary N) is 1. The number of anilines is 1. The molecule has 3 heterocycles. The highest BCUT2D eigenvalue weighted by Crippen LogP contribution is 2.18. The largest absolute Gasteiger partial charge is 0.421 e. The molecule has 0 aliphatic heterocycles. The molecule has 3 rings (SSSR count). The number of oxazole rings is 1. The molecule has 0 fully saturated rings. The third kappa shape index (κ3) is 1.65. The number of fused-ring (bicyclic) bond motifs is 1. The third-order valence-electron chi connectivity index (χ3n) is 2.42. The number of hydrogen-bond donors (Lipinski definition) is 2. The smallest absolute Gasteiger partial charge is 0.406 e. The van der Waals surface area contributed by atoms with Crippen molar-refractivity contribution in [3.05, 3.63) is 34.6 Å². The van der Waals surface area contributed by atoms with Gasteiger partial charge < -0.3 is 9.84 Å². The molecular weight excluding hydrogens is 256 g/mol. The van der Waals surface area contributed by atoms with E-state index in [9.17, 15) is 4.79 Å². The summed E-state index contributed by atoms with van der Waals surface area (Å²) in [6.07, 6.45) is 1.59. The predicted octanol–water partition coefficient (Wildman–Crippen LogP) is 0.175. The van der Waals surface area contributed by atoms with E-state index in [-0.39, 0.29) is 6.54 Å². The molecule has 3 aromatic rings. The van der Waals surface area contributed by atoms with Crippen molar-refractivity contribution in [1.29, 1.82) is 0 Å². The van der Waals surface area contributed by atoms with E-state index in [1.165, 1.54) is 4.57 Å². The van der Waals surface area contributed by atoms with Crippen LogP contribution in [-0.2, 0) is 6.54 Å². The van der Waals surface area contributed by atoms with Crippen LogP contribution in [0.3, 0.4) is 0 Å². The lowest BCUT2D eigenvalue weighted by molar-refractivity contribution is 0.516. The van der Waals surface area contributed by atoms with Crippen LogP contribution < -0.4 is 17.0 Å². The average Bonchev–Trinajstić information content (AvgIpc) is 2.95. The number of hydrazine groups is 1. The molecule has 3 N–H and O–H groups in total. The summed E-state index contributed by atoms with van der Waals surface area (Å²) >= 11 is 1.12. The van der Waals surface area contributed by atoms with Crippen molar-refractivity contribution < 1.29 is 4.42 Å². The first-order valence-corrected chi connectivity index (χ1v) is 5.79. The monoisotopic (exact) mass is 264 g/mol. The molecule has 0 spiro atoms. The number of nitrogens with zero attached hydrogens (tertiary/aromatic N) is 4. The maximum Gasteiger partial charge on any atom is 0.421 e. The van der Waals surface area contributed by atoms with Gasteiger partial charge in [-0.2, -0.15) is 0 Å². The van der Waals surface area contributed by atoms with E-state index >= 15 is 0 Å². The molecule has 92 valence electrons. The first-order chi connectivity index (χ1) is 8.79. The summed E-state index contributed by atoms with van der Waals surface area (Å²) in [4.78, 5) is 15.8. The summed E-state index contributed by atoms with van der Waals surface area (Å²) in [6.45, 7) is 0.207. The zero-order chi connectivity index (χ0) is 12.5. The SMILES string of the molecule is NNc1snnc1Cn1c(=O)oc2cccnc21. The van der Waals surface area contributed by atoms with Gasteiger partial charge in [-0.15, -0.1) is 5.10 Å². The first kappa shape index (κ1) is 10.9. The highest BCUT2D eigenvalue weighted by molar-refractivity contribution is 7.10. The molecule has 0 aromatic carbocycles. The van der Waals surface area contributed by atoms with E-state index in [1.807, 2.05) is 0 Å². The molecule has 0 atom stereocenters. The van der Waals surface area contributed by atoms with Crippen molar-refractivity contribution >= 4 is 27.8 Å². The highest BCUT2D eigenvalue weighted by atomic mass is 32.1. The molecule has 0 saturated heterocycles. The molecule has 0 aliphatic carbocycles. The number of hydrogen-bond acceptors (Lipinski definition) is 8. The number of nitrogens with one attached hydrogen (secondary N) is 1. The minimum atomic E-state index is -0.486. The second-order valence-electron chi connectivity index (χ2n) is 3.47. The van der Waals surface area contributed by atoms with Gasteiger partial charge >= 0.3 is 5.76 Å². The Balaban J connectivity index is 2.10. The number of pyridine rings is 1. The Morgan fingerprint density at radius 2 is 2.44 bits per heavy atom. The van der Waals surface area contributed by atoms with E-state index < -0.39 is 5.76 Å². The normalized spacial score (nSPS) is 10.9. The Morgan fingerprint density at radius 3 is 3.28 bits per heavy atom. The van der Waals surface area contributed by atoms with E-state index in [2.05, 4.69) is 20.0 Å². The molecule has 0 aliphatic rings. The molecule has 0 bridgehead atoms. The fraction of sp³-hybridized carbons (Fsp3) is 0.111. The maximum atomic E-state index is 11.7. The van der Waals surface area contributed by atoms with Crippen molar-refractivity contribution in [2.75, 3.05) is 5.43 Å². The average molecular weight is 264 g/mol. The zero-order valence-corrected chi connectivity index (χ0v) is 9.85. The lowest BCUT2D eigenvalue weighted by Gasteiger charge is -2.00. The lowest BCUT2D eigenvalue weighted by atomic mass is 10.4. The second-order valence-corrected chi connectivity index (χ2v) is 4.23. The number of rotatable bonds is 3. The summed E-state index contributed by atoms with van der Waals surface area (Å²) < 4.78 is 10.2. The summed E-state index contributed by atoms with van der Waals surface area (Å²) in [6, 6.07) is 3.38. The molecule has 8 nitrogen and oxygen atoms in total. The van der Waals surface area contributed by atoms with Crippen molar-refractivity contribution in [3.8, 4) is 0 Å². The van der Waals surface area contributed by atoms with Crippen LogP contribution in [0.25, 0.3) is 11.2 Å². The molecule has 0 amide bonds. The minimum Gasteiger partial charge on any atom is -0.406 e. The van der Waals surface area contributed by atoms with Gasteiger partial charge in [0.1, 0.15) is 10.7 Å². The van der Waals surface area contributed by atoms with Gasteiger partial charge in [0.2, 0.25) is 0 Å². The Morgan fingerprint density at radius 1 is 1.56 bits per heavy atom. The standard InChI is InChI=1S/C9H8N6O2S/c10-12-8-5(13-14-18-8)4-15-7-6(17-9(15)16)2-1-3-11-7/h1-3,12H,4,10H2. The topological polar surface area (TPSA) is 112 Å².